The van der Waals surface area contributed by atoms with Crippen molar-refractivity contribution in [3.8, 4) is 5.88 Å². The van der Waals surface area contributed by atoms with Gasteiger partial charge in [-0.05, 0) is 81.2 Å². The predicted molar refractivity (Wildman–Crippen MR) is 158 cm³/mol. The third kappa shape index (κ3) is 6.65. The van der Waals surface area contributed by atoms with Crippen molar-refractivity contribution in [2.75, 3.05) is 26.2 Å². The number of aromatic hydroxyl groups is 1. The predicted octanol–water partition coefficient (Wildman–Crippen LogP) is 5.59. The molecule has 1 aliphatic rings. The quantitative estimate of drug-likeness (QED) is 0.115. The van der Waals surface area contributed by atoms with Gasteiger partial charge in [-0.15, -0.1) is 0 Å². The number of likely N-dealkylation sites (tertiary alicyclic amines) is 1. The van der Waals surface area contributed by atoms with E-state index >= 15 is 0 Å². The van der Waals surface area contributed by atoms with Crippen molar-refractivity contribution in [1.82, 2.24) is 15.4 Å². The molecule has 212 valence electrons. The Labute approximate surface area is 238 Å². The highest BCUT2D eigenvalue weighted by molar-refractivity contribution is 6.22. The smallest absolute Gasteiger partial charge is 0.336 e. The normalized spacial score (nSPS) is 14.3. The van der Waals surface area contributed by atoms with E-state index in [0.29, 0.717) is 45.6 Å². The number of carbonyl (C=O) groups excluding carboxylic acids is 1. The number of amides is 1. The van der Waals surface area contributed by atoms with Gasteiger partial charge in [0.15, 0.2) is 5.88 Å². The molecule has 1 aliphatic heterocycles. The second kappa shape index (κ2) is 12.8. The van der Waals surface area contributed by atoms with Crippen LogP contribution in [-0.2, 0) is 4.84 Å². The summed E-state index contributed by atoms with van der Waals surface area (Å²) in [5.74, 6) is -1.48. The first kappa shape index (κ1) is 28.1. The van der Waals surface area contributed by atoms with E-state index in [1.165, 1.54) is 25.3 Å². The monoisotopic (exact) mass is 554 g/mol. The molecule has 0 bridgehead atoms. The van der Waals surface area contributed by atoms with Crippen molar-refractivity contribution >= 4 is 34.2 Å². The maximum atomic E-state index is 12.6. The first-order valence-electron chi connectivity index (χ1n) is 13.9. The lowest BCUT2D eigenvalue weighted by Crippen LogP contribution is -2.32. The second-order valence-electron chi connectivity index (χ2n) is 10.3. The Hall–Kier alpha value is -4.47. The fourth-order valence-electron chi connectivity index (χ4n) is 5.20. The molecule has 9 heteroatoms. The molecule has 1 saturated heterocycles. The Kier molecular flexibility index (Phi) is 8.76. The SMILES string of the molecule is Cc1cc2c(C(=Nc3ccc(C(=O)NOCCCN4CCCCC4)cc3)c3ccccc3)c(O)[nH]c2cc1C(=O)O. The Morgan fingerprint density at radius 3 is 2.44 bits per heavy atom. The number of aromatic carboxylic acids is 1. The van der Waals surface area contributed by atoms with Crippen LogP contribution in [0.25, 0.3) is 10.9 Å². The minimum Gasteiger partial charge on any atom is -0.494 e. The topological polar surface area (TPSA) is 127 Å². The summed E-state index contributed by atoms with van der Waals surface area (Å²) in [6, 6.07) is 19.5. The van der Waals surface area contributed by atoms with Crippen LogP contribution in [0.5, 0.6) is 5.88 Å². The van der Waals surface area contributed by atoms with E-state index in [-0.39, 0.29) is 17.4 Å². The highest BCUT2D eigenvalue weighted by atomic mass is 16.6. The number of carboxylic acids is 1. The number of hydrogen-bond acceptors (Lipinski definition) is 6. The third-order valence-corrected chi connectivity index (χ3v) is 7.34. The average Bonchev–Trinajstić information content (AvgIpc) is 3.30. The summed E-state index contributed by atoms with van der Waals surface area (Å²) >= 11 is 0. The van der Waals surface area contributed by atoms with Crippen molar-refractivity contribution < 1.29 is 24.6 Å². The van der Waals surface area contributed by atoms with Crippen molar-refractivity contribution in [2.45, 2.75) is 32.6 Å². The standard InChI is InChI=1S/C32H34N4O5/c1-21-19-26-27(20-25(21)32(39)40)34-31(38)28(26)29(22-9-4-2-5-10-22)33-24-13-11-23(12-14-24)30(37)35-41-18-8-17-36-15-6-3-7-16-36/h2,4-5,9-14,19-20,34,38H,3,6-8,15-18H2,1H3,(H,35,37)(H,39,40). The Balaban J connectivity index is 1.34. The lowest BCUT2D eigenvalue weighted by atomic mass is 9.98. The van der Waals surface area contributed by atoms with Gasteiger partial charge in [0.05, 0.1) is 29.1 Å². The number of hydroxylamine groups is 1. The van der Waals surface area contributed by atoms with Crippen LogP contribution in [0.15, 0.2) is 71.7 Å². The molecule has 0 aliphatic carbocycles. The number of hydrogen-bond donors (Lipinski definition) is 4. The van der Waals surface area contributed by atoms with Crippen LogP contribution in [-0.4, -0.2) is 63.9 Å². The van der Waals surface area contributed by atoms with Crippen LogP contribution in [0, 0.1) is 6.92 Å². The van der Waals surface area contributed by atoms with E-state index in [4.69, 9.17) is 9.83 Å². The summed E-state index contributed by atoms with van der Waals surface area (Å²) in [6.45, 7) is 5.42. The Bertz CT molecular complexity index is 1550. The summed E-state index contributed by atoms with van der Waals surface area (Å²) < 4.78 is 0. The van der Waals surface area contributed by atoms with E-state index in [1.807, 2.05) is 30.3 Å². The minimum absolute atomic E-state index is 0.113. The molecule has 0 unspecified atom stereocenters. The van der Waals surface area contributed by atoms with Crippen molar-refractivity contribution in [3.05, 3.63) is 94.5 Å². The van der Waals surface area contributed by atoms with Gasteiger partial charge < -0.3 is 20.1 Å². The van der Waals surface area contributed by atoms with E-state index in [9.17, 15) is 19.8 Å². The first-order valence-corrected chi connectivity index (χ1v) is 13.9. The molecule has 0 spiro atoms. The van der Waals surface area contributed by atoms with Crippen molar-refractivity contribution in [1.29, 1.82) is 0 Å². The van der Waals surface area contributed by atoms with Crippen LogP contribution in [0.4, 0.5) is 5.69 Å². The highest BCUT2D eigenvalue weighted by Crippen LogP contribution is 2.33. The summed E-state index contributed by atoms with van der Waals surface area (Å²) in [7, 11) is 0. The molecule has 1 aromatic heterocycles. The molecular weight excluding hydrogens is 520 g/mol. The molecule has 41 heavy (non-hydrogen) atoms. The summed E-state index contributed by atoms with van der Waals surface area (Å²) in [4.78, 5) is 39.8. The molecule has 2 heterocycles. The zero-order valence-electron chi connectivity index (χ0n) is 23.0. The largest absolute Gasteiger partial charge is 0.494 e. The molecule has 1 fully saturated rings. The molecule has 0 atom stereocenters. The molecule has 3 aromatic carbocycles. The zero-order chi connectivity index (χ0) is 28.8. The molecule has 4 N–H and O–H groups in total. The van der Waals surface area contributed by atoms with Crippen LogP contribution in [0.3, 0.4) is 0 Å². The summed E-state index contributed by atoms with van der Waals surface area (Å²) in [5.41, 5.74) is 6.49. The van der Waals surface area contributed by atoms with Gasteiger partial charge in [-0.2, -0.15) is 0 Å². The maximum Gasteiger partial charge on any atom is 0.336 e. The molecule has 0 saturated carbocycles. The van der Waals surface area contributed by atoms with Gasteiger partial charge in [-0.3, -0.25) is 9.63 Å². The van der Waals surface area contributed by atoms with Crippen LogP contribution >= 0.6 is 0 Å². The number of aliphatic imine (C=N–C) groups is 1. The van der Waals surface area contributed by atoms with Crippen LogP contribution in [0.1, 0.15) is 63.1 Å². The first-order chi connectivity index (χ1) is 19.9. The molecule has 0 radical (unpaired) electrons. The van der Waals surface area contributed by atoms with E-state index in [2.05, 4.69) is 15.4 Å². The average molecular weight is 555 g/mol. The second-order valence-corrected chi connectivity index (χ2v) is 10.3. The van der Waals surface area contributed by atoms with Gasteiger partial charge in [-0.25, -0.2) is 15.3 Å². The van der Waals surface area contributed by atoms with Crippen molar-refractivity contribution in [3.63, 3.8) is 0 Å². The molecule has 9 nitrogen and oxygen atoms in total. The summed E-state index contributed by atoms with van der Waals surface area (Å²) in [6.07, 6.45) is 4.66. The van der Waals surface area contributed by atoms with Gasteiger partial charge >= 0.3 is 5.97 Å². The Morgan fingerprint density at radius 1 is 1.00 bits per heavy atom. The number of aromatic nitrogens is 1. The number of aromatic amines is 1. The molecule has 4 aromatic rings. The van der Waals surface area contributed by atoms with Gasteiger partial charge in [-0.1, -0.05) is 36.8 Å². The summed E-state index contributed by atoms with van der Waals surface area (Å²) in [5, 5.41) is 21.1. The maximum absolute atomic E-state index is 12.6. The minimum atomic E-state index is -1.04. The Morgan fingerprint density at radius 2 is 1.73 bits per heavy atom. The third-order valence-electron chi connectivity index (χ3n) is 7.34. The number of carbonyl (C=O) groups is 2. The molecule has 5 rings (SSSR count). The number of rotatable bonds is 10. The number of carboxylic acid groups (broad SMARTS) is 1. The number of nitrogens with one attached hydrogen (secondary N) is 2. The lowest BCUT2D eigenvalue weighted by Gasteiger charge is -2.26. The zero-order valence-corrected chi connectivity index (χ0v) is 23.0. The number of benzene rings is 3. The molecule has 1 amide bonds. The number of fused-ring (bicyclic) bond motifs is 1. The fraction of sp³-hybridized carbons (Fsp3) is 0.281. The number of nitrogens with zero attached hydrogens (tertiary/aromatic N) is 2. The highest BCUT2D eigenvalue weighted by Gasteiger charge is 2.21. The van der Waals surface area contributed by atoms with Crippen LogP contribution < -0.4 is 5.48 Å². The van der Waals surface area contributed by atoms with E-state index in [1.54, 1.807) is 37.3 Å². The number of H-pyrrole nitrogens is 1. The van der Waals surface area contributed by atoms with Gasteiger partial charge in [0.25, 0.3) is 5.91 Å². The van der Waals surface area contributed by atoms with Gasteiger partial charge in [0, 0.05) is 28.6 Å². The van der Waals surface area contributed by atoms with Crippen LogP contribution in [0.2, 0.25) is 0 Å². The van der Waals surface area contributed by atoms with Crippen molar-refractivity contribution in [2.24, 2.45) is 4.99 Å². The van der Waals surface area contributed by atoms with Gasteiger partial charge in [0.1, 0.15) is 0 Å². The number of aryl methyl sites for hydroxylation is 1. The van der Waals surface area contributed by atoms with E-state index < -0.39 is 5.97 Å². The fourth-order valence-corrected chi connectivity index (χ4v) is 5.20. The number of piperidine rings is 1. The lowest BCUT2D eigenvalue weighted by molar-refractivity contribution is 0.0273. The van der Waals surface area contributed by atoms with E-state index in [0.717, 1.165) is 31.6 Å². The van der Waals surface area contributed by atoms with Gasteiger partial charge in [0.2, 0.25) is 0 Å². The molecular formula is C32H34N4O5.